The van der Waals surface area contributed by atoms with E-state index in [1.807, 2.05) is 5.41 Å². The predicted molar refractivity (Wildman–Crippen MR) is 36.5 cm³/mol. The summed E-state index contributed by atoms with van der Waals surface area (Å²) in [4.78, 5) is 8.98. The Bertz CT molecular complexity index is 219. The van der Waals surface area contributed by atoms with Gasteiger partial charge in [-0.15, -0.1) is 0 Å². The Morgan fingerprint density at radius 1 is 1.67 bits per heavy atom. The molecule has 46 valence electrons. The first kappa shape index (κ1) is 4.93. The van der Waals surface area contributed by atoms with Gasteiger partial charge in [0.1, 0.15) is 5.70 Å². The molecule has 0 saturated carbocycles. The monoisotopic (exact) mass is 140 g/mol. The Kier molecular flexibility index (Phi) is 0.989. The number of hydrogen-bond acceptors (Lipinski definition) is 4. The van der Waals surface area contributed by atoms with Crippen molar-refractivity contribution in [1.29, 1.82) is 0 Å². The van der Waals surface area contributed by atoms with Crippen LogP contribution in [0.3, 0.4) is 0 Å². The molecular formula is C5H4N2OS. The maximum absolute atomic E-state index is 4.94. The summed E-state index contributed by atoms with van der Waals surface area (Å²) in [5.74, 6) is 0.808. The molecule has 0 spiro atoms. The van der Waals surface area contributed by atoms with E-state index in [2.05, 4.69) is 10.5 Å². The Morgan fingerprint density at radius 3 is 3.56 bits per heavy atom. The molecule has 3 nitrogen and oxygen atoms in total. The van der Waals surface area contributed by atoms with Crippen LogP contribution in [0.5, 0.6) is 0 Å². The fourth-order valence-electron chi connectivity index (χ4n) is 0.637. The molecule has 0 bridgehead atoms. The van der Waals surface area contributed by atoms with Gasteiger partial charge in [0.05, 0.1) is 11.7 Å². The van der Waals surface area contributed by atoms with E-state index < -0.39 is 0 Å². The minimum Gasteiger partial charge on any atom is -0.380 e. The normalized spacial score (nSPS) is 21.3. The molecule has 9 heavy (non-hydrogen) atoms. The van der Waals surface area contributed by atoms with Crippen molar-refractivity contribution in [3.8, 4) is 0 Å². The number of nitrogens with zero attached hydrogens (tertiary/aromatic N) is 1. The summed E-state index contributed by atoms with van der Waals surface area (Å²) >= 11 is 1.51. The standard InChI is InChI=1S/C5H4N2OS/c1-4-5(8-7-1)2-9-3-6-4/h1-3,7H. The van der Waals surface area contributed by atoms with E-state index in [1.165, 1.54) is 11.8 Å². The molecule has 2 aliphatic rings. The van der Waals surface area contributed by atoms with E-state index in [0.29, 0.717) is 0 Å². The van der Waals surface area contributed by atoms with Crippen LogP contribution >= 0.6 is 11.8 Å². The third kappa shape index (κ3) is 0.712. The summed E-state index contributed by atoms with van der Waals surface area (Å²) < 4.78 is 0. The molecule has 0 saturated heterocycles. The lowest BCUT2D eigenvalue weighted by atomic mass is 10.4. The van der Waals surface area contributed by atoms with E-state index in [1.54, 1.807) is 11.7 Å². The van der Waals surface area contributed by atoms with Crippen molar-refractivity contribution in [3.05, 3.63) is 23.1 Å². The van der Waals surface area contributed by atoms with Gasteiger partial charge >= 0.3 is 0 Å². The molecule has 2 heterocycles. The minimum atomic E-state index is 0.808. The van der Waals surface area contributed by atoms with Crippen LogP contribution in [0.1, 0.15) is 0 Å². The van der Waals surface area contributed by atoms with Gasteiger partial charge in [-0.2, -0.15) is 0 Å². The summed E-state index contributed by atoms with van der Waals surface area (Å²) in [7, 11) is 0. The number of nitrogens with one attached hydrogen (secondary N) is 1. The van der Waals surface area contributed by atoms with Crippen LogP contribution < -0.4 is 5.48 Å². The molecule has 0 aromatic heterocycles. The lowest BCUT2D eigenvalue weighted by molar-refractivity contribution is 0.170. The zero-order chi connectivity index (χ0) is 6.10. The molecule has 2 aliphatic heterocycles. The first-order valence-corrected chi connectivity index (χ1v) is 3.42. The molecule has 4 heteroatoms. The summed E-state index contributed by atoms with van der Waals surface area (Å²) in [5.41, 5.74) is 5.25. The molecule has 0 radical (unpaired) electrons. The number of thioether (sulfide) groups is 1. The van der Waals surface area contributed by atoms with Crippen molar-refractivity contribution >= 4 is 17.3 Å². The molecule has 2 rings (SSSR count). The van der Waals surface area contributed by atoms with E-state index in [9.17, 15) is 0 Å². The van der Waals surface area contributed by atoms with Crippen molar-refractivity contribution in [2.75, 3.05) is 0 Å². The van der Waals surface area contributed by atoms with Crippen molar-refractivity contribution in [1.82, 2.24) is 5.48 Å². The van der Waals surface area contributed by atoms with Crippen LogP contribution in [0.2, 0.25) is 0 Å². The predicted octanol–water partition coefficient (Wildman–Crippen LogP) is 0.979. The Hall–Kier alpha value is -0.900. The topological polar surface area (TPSA) is 33.6 Å². The molecule has 0 aliphatic carbocycles. The SMILES string of the molecule is C1=NC2=CNOC2=CS1. The van der Waals surface area contributed by atoms with Gasteiger partial charge in [0.2, 0.25) is 0 Å². The quantitative estimate of drug-likeness (QED) is 0.544. The van der Waals surface area contributed by atoms with Gasteiger partial charge < -0.3 is 4.84 Å². The van der Waals surface area contributed by atoms with E-state index in [4.69, 9.17) is 4.84 Å². The van der Waals surface area contributed by atoms with Gasteiger partial charge in [0.25, 0.3) is 0 Å². The highest BCUT2D eigenvalue weighted by Crippen LogP contribution is 2.23. The van der Waals surface area contributed by atoms with Gasteiger partial charge in [-0.05, 0) is 0 Å². The van der Waals surface area contributed by atoms with Crippen LogP contribution in [0.4, 0.5) is 0 Å². The molecule has 0 amide bonds. The second kappa shape index (κ2) is 1.80. The summed E-state index contributed by atoms with van der Waals surface area (Å²) in [6, 6.07) is 0. The fraction of sp³-hybridized carbons (Fsp3) is 0. The second-order valence-electron chi connectivity index (χ2n) is 1.60. The fourth-order valence-corrected chi connectivity index (χ4v) is 1.16. The highest BCUT2D eigenvalue weighted by atomic mass is 32.2. The zero-order valence-electron chi connectivity index (χ0n) is 4.50. The Balaban J connectivity index is 2.37. The third-order valence-corrected chi connectivity index (χ3v) is 1.62. The Morgan fingerprint density at radius 2 is 2.67 bits per heavy atom. The number of hydrogen-bond donors (Lipinski definition) is 1. The number of rotatable bonds is 0. The summed E-state index contributed by atoms with van der Waals surface area (Å²) in [6.07, 6.45) is 1.72. The van der Waals surface area contributed by atoms with Crippen LogP contribution in [0.15, 0.2) is 28.1 Å². The lowest BCUT2D eigenvalue weighted by Crippen LogP contribution is -1.96. The van der Waals surface area contributed by atoms with E-state index in [-0.39, 0.29) is 0 Å². The maximum atomic E-state index is 4.94. The molecule has 0 aromatic rings. The van der Waals surface area contributed by atoms with Gasteiger partial charge in [-0.3, -0.25) is 0 Å². The van der Waals surface area contributed by atoms with Crippen molar-refractivity contribution in [2.24, 2.45) is 4.99 Å². The second-order valence-corrected chi connectivity index (χ2v) is 2.32. The lowest BCUT2D eigenvalue weighted by Gasteiger charge is -2.00. The first-order chi connectivity index (χ1) is 4.47. The van der Waals surface area contributed by atoms with Crippen LogP contribution in [0.25, 0.3) is 0 Å². The van der Waals surface area contributed by atoms with E-state index in [0.717, 1.165) is 11.5 Å². The van der Waals surface area contributed by atoms with Crippen molar-refractivity contribution in [2.45, 2.75) is 0 Å². The van der Waals surface area contributed by atoms with Crippen LogP contribution in [-0.2, 0) is 4.84 Å². The highest BCUT2D eigenvalue weighted by molar-refractivity contribution is 8.14. The average molecular weight is 140 g/mol. The number of hydroxylamine groups is 1. The third-order valence-electron chi connectivity index (χ3n) is 1.04. The van der Waals surface area contributed by atoms with Crippen LogP contribution in [0, 0.1) is 0 Å². The molecule has 0 unspecified atom stereocenters. The maximum Gasteiger partial charge on any atom is 0.188 e. The molecule has 0 atom stereocenters. The molecule has 0 fully saturated rings. The van der Waals surface area contributed by atoms with Crippen molar-refractivity contribution < 1.29 is 4.84 Å². The minimum absolute atomic E-state index is 0.808. The average Bonchev–Trinajstić information content (AvgIpc) is 2.33. The smallest absolute Gasteiger partial charge is 0.188 e. The van der Waals surface area contributed by atoms with E-state index >= 15 is 0 Å². The summed E-state index contributed by atoms with van der Waals surface area (Å²) in [5, 5.41) is 1.90. The molecule has 1 N–H and O–H groups in total. The zero-order valence-corrected chi connectivity index (χ0v) is 5.31. The largest absolute Gasteiger partial charge is 0.380 e. The highest BCUT2D eigenvalue weighted by Gasteiger charge is 2.13. The van der Waals surface area contributed by atoms with Crippen LogP contribution in [-0.4, -0.2) is 5.55 Å². The van der Waals surface area contributed by atoms with Gasteiger partial charge in [-0.25, -0.2) is 10.5 Å². The molecular weight excluding hydrogens is 136 g/mol. The summed E-state index contributed by atoms with van der Waals surface area (Å²) in [6.45, 7) is 0. The molecule has 0 aromatic carbocycles. The van der Waals surface area contributed by atoms with Gasteiger partial charge in [0.15, 0.2) is 5.76 Å². The Labute approximate surface area is 56.4 Å². The van der Waals surface area contributed by atoms with Gasteiger partial charge in [0, 0.05) is 5.41 Å². The number of fused-ring (bicyclic) bond motifs is 1. The van der Waals surface area contributed by atoms with Gasteiger partial charge in [-0.1, -0.05) is 11.8 Å². The number of aliphatic imine (C=N–C) groups is 1. The first-order valence-electron chi connectivity index (χ1n) is 2.48. The van der Waals surface area contributed by atoms with Crippen molar-refractivity contribution in [3.63, 3.8) is 0 Å².